The van der Waals surface area contributed by atoms with Crippen molar-refractivity contribution in [3.63, 3.8) is 0 Å². The van der Waals surface area contributed by atoms with Gasteiger partial charge in [0.15, 0.2) is 0 Å². The Morgan fingerprint density at radius 1 is 0.711 bits per heavy atom. The SMILES string of the molecule is C/C=C/CCC1CCC(c2ccc(-c3ccc4c(c3)CCC(c3ccc(CCCCC)cc3)C4)cc2)CC1. The van der Waals surface area contributed by atoms with Gasteiger partial charge in [-0.1, -0.05) is 98.6 Å². The van der Waals surface area contributed by atoms with E-state index in [-0.39, 0.29) is 0 Å². The minimum absolute atomic E-state index is 0.663. The van der Waals surface area contributed by atoms with Gasteiger partial charge >= 0.3 is 0 Å². The Labute approximate surface area is 232 Å². The molecule has 200 valence electrons. The summed E-state index contributed by atoms with van der Waals surface area (Å²) in [6, 6.07) is 26.4. The van der Waals surface area contributed by atoms with E-state index in [4.69, 9.17) is 0 Å². The van der Waals surface area contributed by atoms with Crippen molar-refractivity contribution in [1.82, 2.24) is 0 Å². The maximum atomic E-state index is 2.48. The highest BCUT2D eigenvalue weighted by Gasteiger charge is 2.23. The highest BCUT2D eigenvalue weighted by molar-refractivity contribution is 5.65. The van der Waals surface area contributed by atoms with E-state index in [0.717, 1.165) is 11.8 Å². The Balaban J connectivity index is 1.17. The van der Waals surface area contributed by atoms with E-state index in [0.29, 0.717) is 5.92 Å². The number of aryl methyl sites for hydroxylation is 2. The van der Waals surface area contributed by atoms with Crippen LogP contribution < -0.4 is 0 Å². The summed E-state index contributed by atoms with van der Waals surface area (Å²) in [5, 5.41) is 0. The van der Waals surface area contributed by atoms with E-state index in [1.807, 2.05) is 0 Å². The van der Waals surface area contributed by atoms with Gasteiger partial charge in [-0.15, -0.1) is 0 Å². The second kappa shape index (κ2) is 13.5. The first-order valence-electron chi connectivity index (χ1n) is 15.7. The average molecular weight is 505 g/mol. The van der Waals surface area contributed by atoms with Gasteiger partial charge in [0.25, 0.3) is 0 Å². The van der Waals surface area contributed by atoms with Crippen LogP contribution in [0.25, 0.3) is 11.1 Å². The van der Waals surface area contributed by atoms with E-state index >= 15 is 0 Å². The molecule has 1 unspecified atom stereocenters. The smallest absolute Gasteiger partial charge is 0.0118 e. The fourth-order valence-corrected chi connectivity index (χ4v) is 6.99. The van der Waals surface area contributed by atoms with Gasteiger partial charge in [0.1, 0.15) is 0 Å². The third-order valence-corrected chi connectivity index (χ3v) is 9.49. The number of benzene rings is 3. The Bertz CT molecular complexity index is 1160. The predicted octanol–water partition coefficient (Wildman–Crippen LogP) is 11.0. The molecular formula is C38H48. The van der Waals surface area contributed by atoms with Gasteiger partial charge in [-0.05, 0) is 134 Å². The molecule has 1 atom stereocenters. The Morgan fingerprint density at radius 2 is 1.42 bits per heavy atom. The van der Waals surface area contributed by atoms with Crippen molar-refractivity contribution in [2.24, 2.45) is 5.92 Å². The molecule has 1 fully saturated rings. The Morgan fingerprint density at radius 3 is 2.16 bits per heavy atom. The molecule has 0 nitrogen and oxygen atoms in total. The first-order valence-corrected chi connectivity index (χ1v) is 15.7. The summed E-state index contributed by atoms with van der Waals surface area (Å²) in [4.78, 5) is 0. The highest BCUT2D eigenvalue weighted by atomic mass is 14.3. The van der Waals surface area contributed by atoms with E-state index in [1.165, 1.54) is 106 Å². The average Bonchev–Trinajstić information content (AvgIpc) is 2.98. The van der Waals surface area contributed by atoms with Crippen LogP contribution in [0.3, 0.4) is 0 Å². The molecule has 0 amide bonds. The summed E-state index contributed by atoms with van der Waals surface area (Å²) < 4.78 is 0. The molecule has 0 heteroatoms. The lowest BCUT2D eigenvalue weighted by Gasteiger charge is -2.29. The molecule has 0 bridgehead atoms. The van der Waals surface area contributed by atoms with Gasteiger partial charge in [0, 0.05) is 0 Å². The first kappa shape index (κ1) is 27.0. The van der Waals surface area contributed by atoms with Crippen LogP contribution in [0.1, 0.15) is 118 Å². The van der Waals surface area contributed by atoms with Gasteiger partial charge in [-0.25, -0.2) is 0 Å². The van der Waals surface area contributed by atoms with E-state index < -0.39 is 0 Å². The molecule has 2 aliphatic rings. The molecule has 2 aliphatic carbocycles. The fraction of sp³-hybridized carbons (Fsp3) is 0.474. The maximum Gasteiger partial charge on any atom is -0.0118 e. The molecular weight excluding hydrogens is 456 g/mol. The summed E-state index contributed by atoms with van der Waals surface area (Å²) in [6.07, 6.45) is 21.5. The lowest BCUT2D eigenvalue weighted by molar-refractivity contribution is 0.312. The van der Waals surface area contributed by atoms with Gasteiger partial charge < -0.3 is 0 Å². The number of hydrogen-bond acceptors (Lipinski definition) is 0. The molecule has 3 aromatic rings. The molecule has 3 aromatic carbocycles. The third-order valence-electron chi connectivity index (χ3n) is 9.49. The lowest BCUT2D eigenvalue weighted by atomic mass is 9.77. The molecule has 0 saturated heterocycles. The largest absolute Gasteiger partial charge is 0.0917 e. The minimum Gasteiger partial charge on any atom is -0.0917 e. The van der Waals surface area contributed by atoms with Crippen LogP contribution in [0.5, 0.6) is 0 Å². The summed E-state index contributed by atoms with van der Waals surface area (Å²) in [6.45, 7) is 4.42. The Kier molecular flexibility index (Phi) is 9.56. The van der Waals surface area contributed by atoms with Crippen LogP contribution in [0, 0.1) is 5.92 Å². The highest BCUT2D eigenvalue weighted by Crippen LogP contribution is 2.39. The van der Waals surface area contributed by atoms with Gasteiger partial charge in [-0.3, -0.25) is 0 Å². The molecule has 0 heterocycles. The van der Waals surface area contributed by atoms with Crippen molar-refractivity contribution < 1.29 is 0 Å². The van der Waals surface area contributed by atoms with Gasteiger partial charge in [0.2, 0.25) is 0 Å². The maximum absolute atomic E-state index is 2.48. The van der Waals surface area contributed by atoms with Crippen LogP contribution in [0.15, 0.2) is 78.9 Å². The van der Waals surface area contributed by atoms with Gasteiger partial charge in [-0.2, -0.15) is 0 Å². The van der Waals surface area contributed by atoms with Crippen LogP contribution in [-0.4, -0.2) is 0 Å². The zero-order chi connectivity index (χ0) is 26.2. The molecule has 38 heavy (non-hydrogen) atoms. The quantitative estimate of drug-likeness (QED) is 0.190. The number of unbranched alkanes of at least 4 members (excludes halogenated alkanes) is 2. The number of fused-ring (bicyclic) bond motifs is 1. The molecule has 5 rings (SSSR count). The van der Waals surface area contributed by atoms with E-state index in [9.17, 15) is 0 Å². The second-order valence-corrected chi connectivity index (χ2v) is 12.1. The number of allylic oxidation sites excluding steroid dienone is 2. The van der Waals surface area contributed by atoms with Gasteiger partial charge in [0.05, 0.1) is 0 Å². The molecule has 0 spiro atoms. The first-order chi connectivity index (χ1) is 18.7. The van der Waals surface area contributed by atoms with Crippen molar-refractivity contribution in [3.8, 4) is 11.1 Å². The van der Waals surface area contributed by atoms with Crippen LogP contribution in [-0.2, 0) is 19.3 Å². The summed E-state index contributed by atoms with van der Waals surface area (Å²) in [5.74, 6) is 2.36. The van der Waals surface area contributed by atoms with Crippen LogP contribution in [0.2, 0.25) is 0 Å². The molecule has 0 radical (unpaired) electrons. The third kappa shape index (κ3) is 6.88. The summed E-state index contributed by atoms with van der Waals surface area (Å²) >= 11 is 0. The van der Waals surface area contributed by atoms with Crippen molar-refractivity contribution in [2.45, 2.75) is 109 Å². The van der Waals surface area contributed by atoms with Crippen LogP contribution in [0.4, 0.5) is 0 Å². The zero-order valence-corrected chi connectivity index (χ0v) is 23.9. The second-order valence-electron chi connectivity index (χ2n) is 12.1. The van der Waals surface area contributed by atoms with Crippen molar-refractivity contribution >= 4 is 0 Å². The molecule has 1 saturated carbocycles. The normalized spacial score (nSPS) is 21.5. The summed E-state index contributed by atoms with van der Waals surface area (Å²) in [7, 11) is 0. The molecule has 0 N–H and O–H groups in total. The number of rotatable bonds is 10. The molecule has 0 aliphatic heterocycles. The zero-order valence-electron chi connectivity index (χ0n) is 23.9. The van der Waals surface area contributed by atoms with Crippen molar-refractivity contribution in [2.75, 3.05) is 0 Å². The van der Waals surface area contributed by atoms with Crippen LogP contribution >= 0.6 is 0 Å². The monoisotopic (exact) mass is 504 g/mol. The van der Waals surface area contributed by atoms with E-state index in [2.05, 4.69) is 92.7 Å². The number of hydrogen-bond donors (Lipinski definition) is 0. The molecule has 0 aromatic heterocycles. The standard InChI is InChI=1S/C38H48/c1-3-5-7-9-29-11-15-31(16-12-29)32-19-21-34(22-20-32)36-24-26-37-27-35(23-25-38(37)28-36)33-17-13-30(14-18-33)10-8-6-4-2/h3,5,13-14,17-22,24,26,28-29,31,35H,4,6-12,15-16,23,25,27H2,1-2H3/b5-3+. The lowest BCUT2D eigenvalue weighted by Crippen LogP contribution is -2.13. The minimum atomic E-state index is 0.663. The van der Waals surface area contributed by atoms with Crippen molar-refractivity contribution in [1.29, 1.82) is 0 Å². The van der Waals surface area contributed by atoms with E-state index in [1.54, 1.807) is 16.7 Å². The van der Waals surface area contributed by atoms with Crippen molar-refractivity contribution in [3.05, 3.63) is 107 Å². The summed E-state index contributed by atoms with van der Waals surface area (Å²) in [5.41, 5.74) is 10.5. The fourth-order valence-electron chi connectivity index (χ4n) is 6.99. The Hall–Kier alpha value is -2.60. The topological polar surface area (TPSA) is 0 Å². The predicted molar refractivity (Wildman–Crippen MR) is 165 cm³/mol.